The zero-order valence-electron chi connectivity index (χ0n) is 12.4. The Hall–Kier alpha value is -1.61. The summed E-state index contributed by atoms with van der Waals surface area (Å²) in [5.74, 6) is 0.0545. The monoisotopic (exact) mass is 345 g/mol. The first-order chi connectivity index (χ1) is 10.1. The molecule has 0 aliphatic carbocycles. The Kier molecular flexibility index (Phi) is 5.57. The van der Waals surface area contributed by atoms with Crippen LogP contribution in [0.2, 0.25) is 0 Å². The van der Waals surface area contributed by atoms with Gasteiger partial charge in [-0.25, -0.2) is 0 Å². The van der Waals surface area contributed by atoms with E-state index in [0.717, 1.165) is 17.7 Å². The minimum Gasteiger partial charge on any atom is -0.326 e. The first-order valence-corrected chi connectivity index (χ1v) is 8.07. The highest BCUT2D eigenvalue weighted by Gasteiger charge is 2.10. The van der Waals surface area contributed by atoms with Crippen LogP contribution in [-0.2, 0) is 11.2 Å². The molecule has 0 bridgehead atoms. The third-order valence-electron chi connectivity index (χ3n) is 3.55. The van der Waals surface area contributed by atoms with Crippen molar-refractivity contribution < 1.29 is 4.79 Å². The number of hydrogen-bond acceptors (Lipinski definition) is 1. The lowest BCUT2D eigenvalue weighted by Gasteiger charge is -2.13. The van der Waals surface area contributed by atoms with E-state index < -0.39 is 0 Å². The number of nitrogens with one attached hydrogen (secondary N) is 1. The number of halogens is 1. The Bertz CT molecular complexity index is 622. The highest BCUT2D eigenvalue weighted by molar-refractivity contribution is 9.09. The molecular formula is C18H20BrNO. The average molecular weight is 346 g/mol. The molecule has 2 aromatic carbocycles. The molecule has 1 unspecified atom stereocenters. The van der Waals surface area contributed by atoms with Crippen molar-refractivity contribution in [3.05, 3.63) is 65.2 Å². The Morgan fingerprint density at radius 3 is 2.52 bits per heavy atom. The van der Waals surface area contributed by atoms with Crippen molar-refractivity contribution >= 4 is 27.5 Å². The lowest BCUT2D eigenvalue weighted by molar-refractivity contribution is -0.116. The summed E-state index contributed by atoms with van der Waals surface area (Å²) < 4.78 is 0. The number of anilines is 1. The molecule has 0 fully saturated rings. The Balaban J connectivity index is 1.98. The molecule has 0 spiro atoms. The SMILES string of the molecule is Cc1ccccc1CCC(=O)Nc1ccccc1C(C)Br. The fourth-order valence-corrected chi connectivity index (χ4v) is 2.71. The maximum absolute atomic E-state index is 12.1. The van der Waals surface area contributed by atoms with Crippen molar-refractivity contribution in [1.29, 1.82) is 0 Å². The fourth-order valence-electron chi connectivity index (χ4n) is 2.31. The molecule has 0 aliphatic rings. The second-order valence-corrected chi connectivity index (χ2v) is 6.55. The Labute approximate surface area is 134 Å². The highest BCUT2D eigenvalue weighted by Crippen LogP contribution is 2.28. The van der Waals surface area contributed by atoms with Gasteiger partial charge in [0.25, 0.3) is 0 Å². The molecule has 1 N–H and O–H groups in total. The zero-order chi connectivity index (χ0) is 15.2. The summed E-state index contributed by atoms with van der Waals surface area (Å²) in [6.07, 6.45) is 1.26. The van der Waals surface area contributed by atoms with E-state index >= 15 is 0 Å². The molecule has 0 saturated carbocycles. The minimum absolute atomic E-state index is 0.0545. The van der Waals surface area contributed by atoms with E-state index in [9.17, 15) is 4.79 Å². The maximum Gasteiger partial charge on any atom is 0.224 e. The van der Waals surface area contributed by atoms with Crippen LogP contribution in [0.3, 0.4) is 0 Å². The van der Waals surface area contributed by atoms with Gasteiger partial charge in [0.15, 0.2) is 0 Å². The molecule has 1 amide bonds. The van der Waals surface area contributed by atoms with Crippen LogP contribution in [0.5, 0.6) is 0 Å². The second kappa shape index (κ2) is 7.41. The second-order valence-electron chi connectivity index (χ2n) is 5.18. The van der Waals surface area contributed by atoms with Gasteiger partial charge in [-0.1, -0.05) is 58.4 Å². The maximum atomic E-state index is 12.1. The van der Waals surface area contributed by atoms with Crippen LogP contribution in [0.15, 0.2) is 48.5 Å². The van der Waals surface area contributed by atoms with E-state index in [4.69, 9.17) is 0 Å². The molecule has 0 aliphatic heterocycles. The van der Waals surface area contributed by atoms with E-state index in [1.807, 2.05) is 36.4 Å². The Morgan fingerprint density at radius 1 is 1.14 bits per heavy atom. The summed E-state index contributed by atoms with van der Waals surface area (Å²) >= 11 is 3.56. The van der Waals surface area contributed by atoms with Crippen LogP contribution < -0.4 is 5.32 Å². The fraction of sp³-hybridized carbons (Fsp3) is 0.278. The number of para-hydroxylation sites is 1. The largest absolute Gasteiger partial charge is 0.326 e. The van der Waals surface area contributed by atoms with Crippen LogP contribution in [-0.4, -0.2) is 5.91 Å². The van der Waals surface area contributed by atoms with Gasteiger partial charge in [0.2, 0.25) is 5.91 Å². The van der Waals surface area contributed by atoms with Crippen molar-refractivity contribution in [1.82, 2.24) is 0 Å². The minimum atomic E-state index is 0.0545. The molecule has 0 heterocycles. The van der Waals surface area contributed by atoms with Gasteiger partial charge in [-0.3, -0.25) is 4.79 Å². The standard InChI is InChI=1S/C18H20BrNO/c1-13-7-3-4-8-15(13)11-12-18(21)20-17-10-6-5-9-16(17)14(2)19/h3-10,14H,11-12H2,1-2H3,(H,20,21). The quantitative estimate of drug-likeness (QED) is 0.757. The van der Waals surface area contributed by atoms with Crippen LogP contribution in [0, 0.1) is 6.92 Å². The lowest BCUT2D eigenvalue weighted by Crippen LogP contribution is -2.14. The average Bonchev–Trinajstić information content (AvgIpc) is 2.47. The molecule has 110 valence electrons. The third-order valence-corrected chi connectivity index (χ3v) is 4.04. The first-order valence-electron chi connectivity index (χ1n) is 7.15. The molecule has 1 atom stereocenters. The van der Waals surface area contributed by atoms with Gasteiger partial charge in [0.1, 0.15) is 0 Å². The number of hydrogen-bond donors (Lipinski definition) is 1. The predicted molar refractivity (Wildman–Crippen MR) is 91.9 cm³/mol. The van der Waals surface area contributed by atoms with Crippen LogP contribution in [0.1, 0.15) is 34.9 Å². The van der Waals surface area contributed by atoms with Crippen molar-refractivity contribution in [2.75, 3.05) is 5.32 Å². The van der Waals surface area contributed by atoms with Crippen molar-refractivity contribution in [2.24, 2.45) is 0 Å². The predicted octanol–water partition coefficient (Wildman–Crippen LogP) is 5.02. The number of amides is 1. The van der Waals surface area contributed by atoms with Crippen molar-refractivity contribution in [2.45, 2.75) is 31.5 Å². The number of carbonyl (C=O) groups is 1. The van der Waals surface area contributed by atoms with Crippen LogP contribution >= 0.6 is 15.9 Å². The van der Waals surface area contributed by atoms with Crippen LogP contribution in [0.25, 0.3) is 0 Å². The molecule has 21 heavy (non-hydrogen) atoms. The van der Waals surface area contributed by atoms with Gasteiger partial charge < -0.3 is 5.32 Å². The van der Waals surface area contributed by atoms with E-state index in [1.54, 1.807) is 0 Å². The zero-order valence-corrected chi connectivity index (χ0v) is 14.0. The summed E-state index contributed by atoms with van der Waals surface area (Å²) in [5.41, 5.74) is 4.45. The molecule has 2 rings (SSSR count). The summed E-state index contributed by atoms with van der Waals surface area (Å²) in [6.45, 7) is 4.13. The molecule has 2 aromatic rings. The summed E-state index contributed by atoms with van der Waals surface area (Å²) in [5, 5.41) is 3.01. The molecule has 0 radical (unpaired) electrons. The third kappa shape index (κ3) is 4.43. The van der Waals surface area contributed by atoms with E-state index in [2.05, 4.69) is 47.2 Å². The number of rotatable bonds is 5. The molecular weight excluding hydrogens is 326 g/mol. The number of benzene rings is 2. The van der Waals surface area contributed by atoms with Gasteiger partial charge >= 0.3 is 0 Å². The lowest BCUT2D eigenvalue weighted by atomic mass is 10.0. The number of carbonyl (C=O) groups excluding carboxylic acids is 1. The number of aryl methyl sites for hydroxylation is 2. The molecule has 0 saturated heterocycles. The molecule has 2 nitrogen and oxygen atoms in total. The normalized spacial score (nSPS) is 12.0. The first kappa shape index (κ1) is 15.8. The smallest absolute Gasteiger partial charge is 0.224 e. The molecule has 3 heteroatoms. The summed E-state index contributed by atoms with van der Waals surface area (Å²) in [6, 6.07) is 16.1. The van der Waals surface area contributed by atoms with Crippen molar-refractivity contribution in [3.8, 4) is 0 Å². The van der Waals surface area contributed by atoms with Crippen molar-refractivity contribution in [3.63, 3.8) is 0 Å². The topological polar surface area (TPSA) is 29.1 Å². The summed E-state index contributed by atoms with van der Waals surface area (Å²) in [7, 11) is 0. The van der Waals surface area contributed by atoms with Gasteiger partial charge in [-0.2, -0.15) is 0 Å². The van der Waals surface area contributed by atoms with Crippen LogP contribution in [0.4, 0.5) is 5.69 Å². The number of alkyl halides is 1. The molecule has 0 aromatic heterocycles. The van der Waals surface area contributed by atoms with E-state index in [0.29, 0.717) is 6.42 Å². The summed E-state index contributed by atoms with van der Waals surface area (Å²) in [4.78, 5) is 12.4. The van der Waals surface area contributed by atoms with E-state index in [-0.39, 0.29) is 10.7 Å². The highest BCUT2D eigenvalue weighted by atomic mass is 79.9. The van der Waals surface area contributed by atoms with Gasteiger partial charge in [-0.05, 0) is 43.0 Å². The van der Waals surface area contributed by atoms with E-state index in [1.165, 1.54) is 11.1 Å². The van der Waals surface area contributed by atoms with Gasteiger partial charge in [0, 0.05) is 16.9 Å². The van der Waals surface area contributed by atoms with Gasteiger partial charge in [0.05, 0.1) is 0 Å². The Morgan fingerprint density at radius 2 is 1.81 bits per heavy atom. The van der Waals surface area contributed by atoms with Gasteiger partial charge in [-0.15, -0.1) is 0 Å².